The van der Waals surface area contributed by atoms with E-state index in [2.05, 4.69) is 0 Å². The first-order valence-electron chi connectivity index (χ1n) is 7.63. The molecule has 1 aromatic carbocycles. The molecule has 0 aliphatic carbocycles. The zero-order valence-corrected chi connectivity index (χ0v) is 14.3. The minimum absolute atomic E-state index is 0.0197. The highest BCUT2D eigenvalue weighted by molar-refractivity contribution is 5.98. The van der Waals surface area contributed by atoms with Crippen molar-refractivity contribution >= 4 is 12.0 Å². The normalized spacial score (nSPS) is 11.3. The molecule has 0 saturated heterocycles. The fraction of sp³-hybridized carbons (Fsp3) is 0.444. The van der Waals surface area contributed by atoms with Gasteiger partial charge in [0.05, 0.1) is 18.8 Å². The number of hydrogen-bond donors (Lipinski definition) is 0. The summed E-state index contributed by atoms with van der Waals surface area (Å²) in [5.74, 6) is 0.565. The number of benzene rings is 1. The van der Waals surface area contributed by atoms with E-state index in [0.29, 0.717) is 23.7 Å². The maximum Gasteiger partial charge on any atom is 0.349 e. The molecule has 0 aromatic heterocycles. The van der Waals surface area contributed by atoms with E-state index in [1.54, 1.807) is 32.0 Å². The van der Waals surface area contributed by atoms with Crippen LogP contribution in [0.2, 0.25) is 0 Å². The summed E-state index contributed by atoms with van der Waals surface area (Å²) in [4.78, 5) is 11.8. The van der Waals surface area contributed by atoms with Gasteiger partial charge in [-0.3, -0.25) is 0 Å². The second-order valence-electron chi connectivity index (χ2n) is 5.43. The second-order valence-corrected chi connectivity index (χ2v) is 5.43. The van der Waals surface area contributed by atoms with Gasteiger partial charge in [0.2, 0.25) is 0 Å². The van der Waals surface area contributed by atoms with Crippen LogP contribution in [0.15, 0.2) is 23.8 Å². The van der Waals surface area contributed by atoms with Gasteiger partial charge in [0.15, 0.2) is 11.5 Å². The summed E-state index contributed by atoms with van der Waals surface area (Å²) in [6.45, 7) is 9.69. The lowest BCUT2D eigenvalue weighted by Gasteiger charge is -2.15. The Hall–Kier alpha value is -2.48. The van der Waals surface area contributed by atoms with Crippen LogP contribution in [0, 0.1) is 11.3 Å². The summed E-state index contributed by atoms with van der Waals surface area (Å²) in [7, 11) is 0. The van der Waals surface area contributed by atoms with E-state index >= 15 is 0 Å². The fourth-order valence-corrected chi connectivity index (χ4v) is 1.82. The third-order valence-corrected chi connectivity index (χ3v) is 2.62. The maximum absolute atomic E-state index is 11.8. The minimum atomic E-state index is -0.636. The second kappa shape index (κ2) is 8.84. The SMILES string of the molecule is CCOc1cc(C=C(C#N)C(=O)OC(C)C)ccc1OC(C)C. The number of nitrogens with zero attached hydrogens (tertiary/aromatic N) is 1. The lowest BCUT2D eigenvalue weighted by atomic mass is 10.1. The molecule has 23 heavy (non-hydrogen) atoms. The highest BCUT2D eigenvalue weighted by Gasteiger charge is 2.13. The van der Waals surface area contributed by atoms with E-state index < -0.39 is 5.97 Å². The van der Waals surface area contributed by atoms with Crippen LogP contribution in [0.3, 0.4) is 0 Å². The molecule has 0 heterocycles. The lowest BCUT2D eigenvalue weighted by molar-refractivity contribution is -0.142. The quantitative estimate of drug-likeness (QED) is 0.435. The molecular weight excluding hydrogens is 294 g/mol. The molecule has 0 fully saturated rings. The third-order valence-electron chi connectivity index (χ3n) is 2.62. The third kappa shape index (κ3) is 6.03. The smallest absolute Gasteiger partial charge is 0.349 e. The molecule has 0 radical (unpaired) electrons. The Balaban J connectivity index is 3.12. The Morgan fingerprint density at radius 3 is 2.43 bits per heavy atom. The van der Waals surface area contributed by atoms with Gasteiger partial charge >= 0.3 is 5.97 Å². The molecule has 0 unspecified atom stereocenters. The average molecular weight is 317 g/mol. The Morgan fingerprint density at radius 1 is 1.22 bits per heavy atom. The van der Waals surface area contributed by atoms with Crippen LogP contribution >= 0.6 is 0 Å². The van der Waals surface area contributed by atoms with Gasteiger partial charge in [-0.15, -0.1) is 0 Å². The molecule has 5 nitrogen and oxygen atoms in total. The molecule has 0 spiro atoms. The number of ether oxygens (including phenoxy) is 3. The van der Waals surface area contributed by atoms with Gasteiger partial charge in [0, 0.05) is 0 Å². The van der Waals surface area contributed by atoms with Crippen LogP contribution in [0.25, 0.3) is 6.08 Å². The first-order chi connectivity index (χ1) is 10.9. The van der Waals surface area contributed by atoms with Gasteiger partial charge in [-0.2, -0.15) is 5.26 Å². The zero-order chi connectivity index (χ0) is 17.4. The molecule has 0 bridgehead atoms. The van der Waals surface area contributed by atoms with Crippen molar-refractivity contribution in [3.05, 3.63) is 29.3 Å². The minimum Gasteiger partial charge on any atom is -0.490 e. The van der Waals surface area contributed by atoms with E-state index in [-0.39, 0.29) is 17.8 Å². The van der Waals surface area contributed by atoms with Crippen LogP contribution in [-0.2, 0) is 9.53 Å². The number of nitriles is 1. The van der Waals surface area contributed by atoms with Gasteiger partial charge in [0.1, 0.15) is 11.6 Å². The van der Waals surface area contributed by atoms with Crippen molar-refractivity contribution in [3.63, 3.8) is 0 Å². The molecule has 5 heteroatoms. The molecule has 0 atom stereocenters. The molecule has 0 aliphatic rings. The fourth-order valence-electron chi connectivity index (χ4n) is 1.82. The van der Waals surface area contributed by atoms with E-state index in [4.69, 9.17) is 19.5 Å². The number of esters is 1. The van der Waals surface area contributed by atoms with Crippen LogP contribution < -0.4 is 9.47 Å². The molecule has 124 valence electrons. The molecular formula is C18H23NO4. The van der Waals surface area contributed by atoms with Crippen molar-refractivity contribution in [1.29, 1.82) is 5.26 Å². The standard InChI is InChI=1S/C18H23NO4/c1-6-21-17-10-14(7-8-16(17)22-12(2)3)9-15(11-19)18(20)23-13(4)5/h7-10,12-13H,6H2,1-5H3. The largest absolute Gasteiger partial charge is 0.490 e. The van der Waals surface area contributed by atoms with Crippen LogP contribution in [0.4, 0.5) is 0 Å². The van der Waals surface area contributed by atoms with E-state index in [1.165, 1.54) is 6.08 Å². The molecule has 1 rings (SSSR count). The van der Waals surface area contributed by atoms with Crippen molar-refractivity contribution < 1.29 is 19.0 Å². The van der Waals surface area contributed by atoms with Gasteiger partial charge in [0.25, 0.3) is 0 Å². The molecule has 0 saturated carbocycles. The van der Waals surface area contributed by atoms with E-state index in [1.807, 2.05) is 26.8 Å². The molecule has 0 amide bonds. The zero-order valence-electron chi connectivity index (χ0n) is 14.3. The average Bonchev–Trinajstić information content (AvgIpc) is 2.46. The number of rotatable bonds is 7. The van der Waals surface area contributed by atoms with Crippen molar-refractivity contribution in [1.82, 2.24) is 0 Å². The number of carbonyl (C=O) groups excluding carboxylic acids is 1. The number of carbonyl (C=O) groups is 1. The Kier molecular flexibility index (Phi) is 7.14. The highest BCUT2D eigenvalue weighted by Crippen LogP contribution is 2.30. The van der Waals surface area contributed by atoms with Crippen molar-refractivity contribution in [2.45, 2.75) is 46.8 Å². The predicted molar refractivity (Wildman–Crippen MR) is 88.2 cm³/mol. The number of hydrogen-bond acceptors (Lipinski definition) is 5. The highest BCUT2D eigenvalue weighted by atomic mass is 16.5. The summed E-state index contributed by atoms with van der Waals surface area (Å²) in [6, 6.07) is 7.13. The van der Waals surface area contributed by atoms with Crippen LogP contribution in [0.5, 0.6) is 11.5 Å². The summed E-state index contributed by atoms with van der Waals surface area (Å²) in [5.41, 5.74) is 0.612. The predicted octanol–water partition coefficient (Wildman–Crippen LogP) is 3.73. The molecule has 0 aliphatic heterocycles. The molecule has 0 N–H and O–H groups in total. The van der Waals surface area contributed by atoms with Crippen molar-refractivity contribution in [2.24, 2.45) is 0 Å². The molecule has 1 aromatic rings. The maximum atomic E-state index is 11.8. The van der Waals surface area contributed by atoms with Gasteiger partial charge in [-0.05, 0) is 58.4 Å². The van der Waals surface area contributed by atoms with E-state index in [0.717, 1.165) is 0 Å². The monoisotopic (exact) mass is 317 g/mol. The first kappa shape index (κ1) is 18.6. The van der Waals surface area contributed by atoms with E-state index in [9.17, 15) is 4.79 Å². The Bertz CT molecular complexity index is 612. The van der Waals surface area contributed by atoms with Crippen LogP contribution in [-0.4, -0.2) is 24.8 Å². The Morgan fingerprint density at radius 2 is 1.91 bits per heavy atom. The summed E-state index contributed by atoms with van der Waals surface area (Å²) in [6.07, 6.45) is 1.22. The topological polar surface area (TPSA) is 68.5 Å². The summed E-state index contributed by atoms with van der Waals surface area (Å²) in [5, 5.41) is 9.14. The van der Waals surface area contributed by atoms with Gasteiger partial charge in [-0.25, -0.2) is 4.79 Å². The lowest BCUT2D eigenvalue weighted by Crippen LogP contribution is -2.12. The summed E-state index contributed by atoms with van der Waals surface area (Å²) >= 11 is 0. The first-order valence-corrected chi connectivity index (χ1v) is 7.63. The van der Waals surface area contributed by atoms with Crippen LogP contribution in [0.1, 0.15) is 40.2 Å². The van der Waals surface area contributed by atoms with Crippen molar-refractivity contribution in [2.75, 3.05) is 6.61 Å². The summed E-state index contributed by atoms with van der Waals surface area (Å²) < 4.78 is 16.3. The van der Waals surface area contributed by atoms with Gasteiger partial charge < -0.3 is 14.2 Å². The Labute approximate surface area is 137 Å². The van der Waals surface area contributed by atoms with Gasteiger partial charge in [-0.1, -0.05) is 6.07 Å². The van der Waals surface area contributed by atoms with Crippen molar-refractivity contribution in [3.8, 4) is 17.6 Å².